The summed E-state index contributed by atoms with van der Waals surface area (Å²) in [6, 6.07) is 1.67. The summed E-state index contributed by atoms with van der Waals surface area (Å²) in [5.41, 5.74) is -0.431. The molecule has 0 heterocycles. The van der Waals surface area contributed by atoms with Gasteiger partial charge in [-0.2, -0.15) is 4.31 Å². The van der Waals surface area contributed by atoms with E-state index in [1.807, 2.05) is 6.92 Å². The highest BCUT2D eigenvalue weighted by atomic mass is 32.2. The maximum Gasteiger partial charge on any atom is 0.335 e. The Hall–Kier alpha value is -1.47. The second-order valence-electron chi connectivity index (χ2n) is 5.49. The van der Waals surface area contributed by atoms with Gasteiger partial charge < -0.3 is 5.11 Å². The molecule has 0 aromatic heterocycles. The van der Waals surface area contributed by atoms with Crippen molar-refractivity contribution in [2.75, 3.05) is 7.05 Å². The smallest absolute Gasteiger partial charge is 0.335 e. The summed E-state index contributed by atoms with van der Waals surface area (Å²) in [5.74, 6) is -1.87. The monoisotopic (exact) mass is 315 g/mol. The van der Waals surface area contributed by atoms with Crippen LogP contribution in [0.15, 0.2) is 17.0 Å². The molecule has 7 heteroatoms. The Balaban J connectivity index is 2.50. The van der Waals surface area contributed by atoms with Gasteiger partial charge >= 0.3 is 5.97 Å². The molecule has 1 unspecified atom stereocenters. The first-order valence-electron chi connectivity index (χ1n) is 6.67. The largest absolute Gasteiger partial charge is 0.478 e. The Morgan fingerprint density at radius 3 is 2.48 bits per heavy atom. The molecule has 21 heavy (non-hydrogen) atoms. The first kappa shape index (κ1) is 15.9. The Morgan fingerprint density at radius 2 is 2.00 bits per heavy atom. The number of carboxylic acid groups (broad SMARTS) is 1. The van der Waals surface area contributed by atoms with E-state index in [1.54, 1.807) is 0 Å². The standard InChI is InChI=1S/C14H18FNO4S/c1-8-12(15)6-11(14(17)18)7-13(8)21(19,20)16(3)9(2)10-4-5-10/h6-7,9-10H,4-5H2,1-3H3,(H,17,18). The van der Waals surface area contributed by atoms with Crippen molar-refractivity contribution < 1.29 is 22.7 Å². The fourth-order valence-corrected chi connectivity index (χ4v) is 3.98. The van der Waals surface area contributed by atoms with Gasteiger partial charge in [0, 0.05) is 18.7 Å². The first-order valence-corrected chi connectivity index (χ1v) is 8.11. The lowest BCUT2D eigenvalue weighted by Crippen LogP contribution is -2.37. The Bertz CT molecular complexity index is 682. The Labute approximate surface area is 123 Å². The van der Waals surface area contributed by atoms with Gasteiger partial charge in [0.1, 0.15) is 5.82 Å². The number of hydrogen-bond donors (Lipinski definition) is 1. The number of carboxylic acids is 1. The van der Waals surface area contributed by atoms with Gasteiger partial charge in [-0.3, -0.25) is 0 Å². The van der Waals surface area contributed by atoms with E-state index in [4.69, 9.17) is 5.11 Å². The van der Waals surface area contributed by atoms with Crippen LogP contribution in [0.5, 0.6) is 0 Å². The van der Waals surface area contributed by atoms with Gasteiger partial charge in [-0.05, 0) is 44.7 Å². The predicted octanol–water partition coefficient (Wildman–Crippen LogP) is 2.25. The molecule has 1 aromatic rings. The topological polar surface area (TPSA) is 74.7 Å². The molecule has 0 saturated heterocycles. The van der Waals surface area contributed by atoms with Crippen LogP contribution in [0.2, 0.25) is 0 Å². The van der Waals surface area contributed by atoms with Crippen LogP contribution in [0.1, 0.15) is 35.7 Å². The minimum absolute atomic E-state index is 0.0603. The SMILES string of the molecule is Cc1c(F)cc(C(=O)O)cc1S(=O)(=O)N(C)C(C)C1CC1. The van der Waals surface area contributed by atoms with Gasteiger partial charge in [-0.25, -0.2) is 17.6 Å². The molecule has 1 fully saturated rings. The number of benzene rings is 1. The second-order valence-corrected chi connectivity index (χ2v) is 7.45. The number of nitrogens with zero attached hydrogens (tertiary/aromatic N) is 1. The van der Waals surface area contributed by atoms with Crippen molar-refractivity contribution in [1.29, 1.82) is 0 Å². The molecule has 1 aliphatic carbocycles. The summed E-state index contributed by atoms with van der Waals surface area (Å²) in [4.78, 5) is 10.7. The molecule has 1 aromatic carbocycles. The van der Waals surface area contributed by atoms with Gasteiger partial charge in [-0.15, -0.1) is 0 Å². The molecule has 0 amide bonds. The number of hydrogen-bond acceptors (Lipinski definition) is 3. The van der Waals surface area contributed by atoms with Crippen molar-refractivity contribution in [2.24, 2.45) is 5.92 Å². The molecule has 5 nitrogen and oxygen atoms in total. The number of aromatic carboxylic acids is 1. The van der Waals surface area contributed by atoms with E-state index < -0.39 is 21.8 Å². The van der Waals surface area contributed by atoms with E-state index in [2.05, 4.69) is 0 Å². The number of halogens is 1. The molecule has 0 aliphatic heterocycles. The molecular formula is C14H18FNO4S. The lowest BCUT2D eigenvalue weighted by molar-refractivity contribution is 0.0696. The summed E-state index contributed by atoms with van der Waals surface area (Å²) in [5, 5.41) is 8.96. The maximum absolute atomic E-state index is 13.8. The molecule has 0 bridgehead atoms. The maximum atomic E-state index is 13.8. The van der Waals surface area contributed by atoms with Gasteiger partial charge in [-0.1, -0.05) is 0 Å². The van der Waals surface area contributed by atoms with Crippen LogP contribution in [0.4, 0.5) is 4.39 Å². The van der Waals surface area contributed by atoms with Crippen molar-refractivity contribution in [3.63, 3.8) is 0 Å². The lowest BCUT2D eigenvalue weighted by Gasteiger charge is -2.25. The summed E-state index contributed by atoms with van der Waals surface area (Å²) in [7, 11) is -2.47. The molecular weight excluding hydrogens is 297 g/mol. The average Bonchev–Trinajstić information content (AvgIpc) is 3.23. The zero-order valence-electron chi connectivity index (χ0n) is 12.1. The van der Waals surface area contributed by atoms with Gasteiger partial charge in [0.25, 0.3) is 0 Å². The van der Waals surface area contributed by atoms with E-state index in [1.165, 1.54) is 18.3 Å². The molecule has 1 saturated carbocycles. The number of carbonyl (C=O) groups is 1. The third-order valence-electron chi connectivity index (χ3n) is 4.08. The fourth-order valence-electron chi connectivity index (χ4n) is 2.29. The molecule has 0 spiro atoms. The van der Waals surface area contributed by atoms with Crippen molar-refractivity contribution in [1.82, 2.24) is 4.31 Å². The van der Waals surface area contributed by atoms with E-state index in [0.29, 0.717) is 5.92 Å². The summed E-state index contributed by atoms with van der Waals surface area (Å²) >= 11 is 0. The van der Waals surface area contributed by atoms with Crippen LogP contribution in [-0.2, 0) is 10.0 Å². The van der Waals surface area contributed by atoms with Gasteiger partial charge in [0.15, 0.2) is 0 Å². The van der Waals surface area contributed by atoms with E-state index in [-0.39, 0.29) is 22.1 Å². The molecule has 1 N–H and O–H groups in total. The van der Waals surface area contributed by atoms with Crippen LogP contribution in [0.25, 0.3) is 0 Å². The second kappa shape index (κ2) is 5.38. The quantitative estimate of drug-likeness (QED) is 0.904. The van der Waals surface area contributed by atoms with Crippen molar-refractivity contribution >= 4 is 16.0 Å². The van der Waals surface area contributed by atoms with Crippen LogP contribution in [0.3, 0.4) is 0 Å². The third kappa shape index (κ3) is 2.94. The van der Waals surface area contributed by atoms with Crippen LogP contribution < -0.4 is 0 Å². The zero-order chi connectivity index (χ0) is 15.9. The van der Waals surface area contributed by atoms with E-state index in [9.17, 15) is 17.6 Å². The minimum atomic E-state index is -3.92. The molecule has 1 aliphatic rings. The van der Waals surface area contributed by atoms with E-state index in [0.717, 1.165) is 25.0 Å². The van der Waals surface area contributed by atoms with Crippen LogP contribution >= 0.6 is 0 Å². The lowest BCUT2D eigenvalue weighted by atomic mass is 10.1. The normalized spacial score (nSPS) is 17.0. The molecule has 0 radical (unpaired) electrons. The highest BCUT2D eigenvalue weighted by Gasteiger charge is 2.37. The zero-order valence-corrected chi connectivity index (χ0v) is 12.9. The molecule has 1 atom stereocenters. The summed E-state index contributed by atoms with van der Waals surface area (Å²) in [6.07, 6.45) is 1.95. The summed E-state index contributed by atoms with van der Waals surface area (Å²) < 4.78 is 40.3. The predicted molar refractivity (Wildman–Crippen MR) is 75.2 cm³/mol. The van der Waals surface area contributed by atoms with Crippen molar-refractivity contribution in [3.8, 4) is 0 Å². The van der Waals surface area contributed by atoms with Gasteiger partial charge in [0.05, 0.1) is 10.5 Å². The molecule has 116 valence electrons. The summed E-state index contributed by atoms with van der Waals surface area (Å²) in [6.45, 7) is 3.14. The Morgan fingerprint density at radius 1 is 1.43 bits per heavy atom. The van der Waals surface area contributed by atoms with Gasteiger partial charge in [0.2, 0.25) is 10.0 Å². The average molecular weight is 315 g/mol. The minimum Gasteiger partial charge on any atom is -0.478 e. The van der Waals surface area contributed by atoms with Crippen molar-refractivity contribution in [2.45, 2.75) is 37.6 Å². The van der Waals surface area contributed by atoms with Crippen LogP contribution in [-0.4, -0.2) is 36.9 Å². The van der Waals surface area contributed by atoms with Crippen LogP contribution in [0, 0.1) is 18.7 Å². The highest BCUT2D eigenvalue weighted by molar-refractivity contribution is 7.89. The molecule has 2 rings (SSSR count). The number of sulfonamides is 1. The first-order chi connectivity index (χ1) is 9.66. The number of rotatable bonds is 5. The Kier molecular flexibility index (Phi) is 4.08. The highest BCUT2D eigenvalue weighted by Crippen LogP contribution is 2.37. The van der Waals surface area contributed by atoms with Crippen molar-refractivity contribution in [3.05, 3.63) is 29.1 Å². The fraction of sp³-hybridized carbons (Fsp3) is 0.500. The third-order valence-corrected chi connectivity index (χ3v) is 6.15. The van der Waals surface area contributed by atoms with E-state index >= 15 is 0 Å².